The number of hydrogen-bond acceptors (Lipinski definition) is 2. The molecule has 0 spiro atoms. The molecule has 0 bridgehead atoms. The van der Waals surface area contributed by atoms with Gasteiger partial charge in [-0.2, -0.15) is 0 Å². The van der Waals surface area contributed by atoms with Crippen LogP contribution in [-0.2, 0) is 11.2 Å². The zero-order chi connectivity index (χ0) is 12.0. The number of hydrogen-bond donors (Lipinski definition) is 1. The van der Waals surface area contributed by atoms with Crippen molar-refractivity contribution in [3.63, 3.8) is 0 Å². The number of rotatable bonds is 5. The molecule has 0 saturated carbocycles. The molecule has 0 aliphatic rings. The molecule has 1 rings (SSSR count). The Balaban J connectivity index is 2.48. The van der Waals surface area contributed by atoms with Gasteiger partial charge in [0.25, 0.3) is 0 Å². The fraction of sp³-hybridized carbons (Fsp3) is 0.357. The minimum Gasteiger partial charge on any atom is -0.389 e. The minimum absolute atomic E-state index is 0.0137. The highest BCUT2D eigenvalue weighted by Crippen LogP contribution is 2.04. The lowest BCUT2D eigenvalue weighted by Crippen LogP contribution is -2.09. The van der Waals surface area contributed by atoms with Crippen LogP contribution < -0.4 is 0 Å². The van der Waals surface area contributed by atoms with Crippen molar-refractivity contribution in [1.29, 1.82) is 0 Å². The number of aliphatic hydroxyl groups excluding tert-OH is 1. The van der Waals surface area contributed by atoms with Gasteiger partial charge in [0.15, 0.2) is 5.78 Å². The first kappa shape index (κ1) is 12.7. The van der Waals surface area contributed by atoms with E-state index in [1.54, 1.807) is 6.08 Å². The van der Waals surface area contributed by atoms with Crippen LogP contribution in [0.3, 0.4) is 0 Å². The molecule has 0 unspecified atom stereocenters. The molecule has 86 valence electrons. The molecule has 0 radical (unpaired) electrons. The molecular formula is C14H18O2. The molecule has 0 saturated heterocycles. The summed E-state index contributed by atoms with van der Waals surface area (Å²) in [5, 5.41) is 9.69. The van der Waals surface area contributed by atoms with Gasteiger partial charge in [-0.1, -0.05) is 50.3 Å². The zero-order valence-corrected chi connectivity index (χ0v) is 9.76. The number of benzene rings is 1. The van der Waals surface area contributed by atoms with Crippen LogP contribution in [0, 0.1) is 5.92 Å². The third kappa shape index (κ3) is 4.41. The first-order valence-corrected chi connectivity index (χ1v) is 5.53. The Morgan fingerprint density at radius 3 is 2.50 bits per heavy atom. The third-order valence-electron chi connectivity index (χ3n) is 2.34. The fourth-order valence-corrected chi connectivity index (χ4v) is 1.32. The molecular weight excluding hydrogens is 200 g/mol. The standard InChI is InChI=1S/C14H18O2/c1-11(2)14(16)9-8-13(15)10-12-6-4-3-5-7-12/h3-9,11,13,15H,10H2,1-2H3/b9-8+/t13-/m0/s1. The second kappa shape index (κ2) is 6.23. The van der Waals surface area contributed by atoms with Crippen LogP contribution in [0.1, 0.15) is 19.4 Å². The average molecular weight is 218 g/mol. The smallest absolute Gasteiger partial charge is 0.157 e. The van der Waals surface area contributed by atoms with E-state index in [2.05, 4.69) is 0 Å². The van der Waals surface area contributed by atoms with Gasteiger partial charge in [-0.05, 0) is 11.6 Å². The predicted octanol–water partition coefficient (Wildman–Crippen LogP) is 2.37. The van der Waals surface area contributed by atoms with Gasteiger partial charge >= 0.3 is 0 Å². The van der Waals surface area contributed by atoms with Gasteiger partial charge in [-0.15, -0.1) is 0 Å². The van der Waals surface area contributed by atoms with Gasteiger partial charge < -0.3 is 5.11 Å². The Kier molecular flexibility index (Phi) is 4.93. The Labute approximate surface area is 96.6 Å². The Bertz CT molecular complexity index is 352. The van der Waals surface area contributed by atoms with Crippen LogP contribution in [0.5, 0.6) is 0 Å². The molecule has 0 aliphatic heterocycles. The SMILES string of the molecule is CC(C)C(=O)/C=C/[C@H](O)Cc1ccccc1. The molecule has 2 heteroatoms. The number of aliphatic hydroxyl groups is 1. The maximum Gasteiger partial charge on any atom is 0.157 e. The quantitative estimate of drug-likeness (QED) is 0.770. The van der Waals surface area contributed by atoms with Crippen molar-refractivity contribution in [2.45, 2.75) is 26.4 Å². The number of carbonyl (C=O) groups excluding carboxylic acids is 1. The highest BCUT2D eigenvalue weighted by atomic mass is 16.3. The largest absolute Gasteiger partial charge is 0.389 e. The molecule has 1 atom stereocenters. The van der Waals surface area contributed by atoms with E-state index < -0.39 is 6.10 Å². The minimum atomic E-state index is -0.593. The van der Waals surface area contributed by atoms with Crippen molar-refractivity contribution in [3.05, 3.63) is 48.0 Å². The van der Waals surface area contributed by atoms with Crippen molar-refractivity contribution < 1.29 is 9.90 Å². The highest BCUT2D eigenvalue weighted by molar-refractivity contribution is 5.91. The van der Waals surface area contributed by atoms with Crippen LogP contribution in [-0.4, -0.2) is 17.0 Å². The van der Waals surface area contributed by atoms with Crippen LogP contribution in [0.2, 0.25) is 0 Å². The molecule has 1 aromatic rings. The molecule has 0 heterocycles. The first-order chi connectivity index (χ1) is 7.59. The van der Waals surface area contributed by atoms with Gasteiger partial charge in [0, 0.05) is 12.3 Å². The van der Waals surface area contributed by atoms with Gasteiger partial charge in [-0.25, -0.2) is 0 Å². The summed E-state index contributed by atoms with van der Waals surface area (Å²) in [6.45, 7) is 3.69. The maximum absolute atomic E-state index is 11.3. The maximum atomic E-state index is 11.3. The summed E-state index contributed by atoms with van der Waals surface area (Å²) in [5.41, 5.74) is 1.07. The second-order valence-electron chi connectivity index (χ2n) is 4.17. The first-order valence-electron chi connectivity index (χ1n) is 5.53. The number of allylic oxidation sites excluding steroid dienone is 1. The highest BCUT2D eigenvalue weighted by Gasteiger charge is 2.04. The lowest BCUT2D eigenvalue weighted by Gasteiger charge is -2.05. The van der Waals surface area contributed by atoms with Gasteiger partial charge in [0.1, 0.15) is 0 Å². The van der Waals surface area contributed by atoms with Crippen molar-refractivity contribution in [1.82, 2.24) is 0 Å². The summed E-state index contributed by atoms with van der Waals surface area (Å²) in [5.74, 6) is 0.0345. The Hall–Kier alpha value is -1.41. The molecule has 1 N–H and O–H groups in total. The average Bonchev–Trinajstić information content (AvgIpc) is 2.27. The molecule has 0 aromatic heterocycles. The molecule has 16 heavy (non-hydrogen) atoms. The summed E-state index contributed by atoms with van der Waals surface area (Å²) in [7, 11) is 0. The Morgan fingerprint density at radius 2 is 1.94 bits per heavy atom. The van der Waals surface area contributed by atoms with E-state index in [-0.39, 0.29) is 11.7 Å². The molecule has 0 aliphatic carbocycles. The molecule has 0 amide bonds. The van der Waals surface area contributed by atoms with Gasteiger partial charge in [0.2, 0.25) is 0 Å². The van der Waals surface area contributed by atoms with E-state index in [0.29, 0.717) is 6.42 Å². The number of carbonyl (C=O) groups is 1. The predicted molar refractivity (Wildman–Crippen MR) is 65.1 cm³/mol. The second-order valence-corrected chi connectivity index (χ2v) is 4.17. The molecule has 2 nitrogen and oxygen atoms in total. The van der Waals surface area contributed by atoms with E-state index >= 15 is 0 Å². The van der Waals surface area contributed by atoms with Gasteiger partial charge in [0.05, 0.1) is 6.10 Å². The summed E-state index contributed by atoms with van der Waals surface area (Å²) in [4.78, 5) is 11.3. The summed E-state index contributed by atoms with van der Waals surface area (Å²) >= 11 is 0. The van der Waals surface area contributed by atoms with Crippen LogP contribution >= 0.6 is 0 Å². The molecule has 0 fully saturated rings. The monoisotopic (exact) mass is 218 g/mol. The number of ketones is 1. The third-order valence-corrected chi connectivity index (χ3v) is 2.34. The lowest BCUT2D eigenvalue weighted by atomic mass is 10.1. The normalized spacial score (nSPS) is 13.2. The van der Waals surface area contributed by atoms with Crippen molar-refractivity contribution in [3.8, 4) is 0 Å². The van der Waals surface area contributed by atoms with E-state index in [4.69, 9.17) is 0 Å². The van der Waals surface area contributed by atoms with E-state index in [1.807, 2.05) is 44.2 Å². The van der Waals surface area contributed by atoms with Crippen LogP contribution in [0.15, 0.2) is 42.5 Å². The van der Waals surface area contributed by atoms with E-state index in [9.17, 15) is 9.90 Å². The Morgan fingerprint density at radius 1 is 1.31 bits per heavy atom. The lowest BCUT2D eigenvalue weighted by molar-refractivity contribution is -0.117. The van der Waals surface area contributed by atoms with Crippen LogP contribution in [0.25, 0.3) is 0 Å². The summed E-state index contributed by atoms with van der Waals surface area (Å²) in [6, 6.07) is 9.73. The zero-order valence-electron chi connectivity index (χ0n) is 9.76. The van der Waals surface area contributed by atoms with E-state index in [0.717, 1.165) is 5.56 Å². The molecule has 1 aromatic carbocycles. The summed E-state index contributed by atoms with van der Waals surface area (Å²) in [6.07, 6.45) is 2.99. The van der Waals surface area contributed by atoms with Gasteiger partial charge in [-0.3, -0.25) is 4.79 Å². The fourth-order valence-electron chi connectivity index (χ4n) is 1.32. The van der Waals surface area contributed by atoms with Crippen molar-refractivity contribution in [2.75, 3.05) is 0 Å². The topological polar surface area (TPSA) is 37.3 Å². The summed E-state index contributed by atoms with van der Waals surface area (Å²) < 4.78 is 0. The van der Waals surface area contributed by atoms with Crippen LogP contribution in [0.4, 0.5) is 0 Å². The van der Waals surface area contributed by atoms with Crippen molar-refractivity contribution in [2.24, 2.45) is 5.92 Å². The van der Waals surface area contributed by atoms with Crippen molar-refractivity contribution >= 4 is 5.78 Å². The van der Waals surface area contributed by atoms with E-state index in [1.165, 1.54) is 6.08 Å².